The van der Waals surface area contributed by atoms with Crippen LogP contribution >= 0.6 is 0 Å². The maximum atomic E-state index is 12.2. The largest absolute Gasteiger partial charge is 0.389 e. The molecule has 1 heterocycles. The Bertz CT molecular complexity index is 402. The molecular weight excluding hydrogens is 243 g/mol. The first-order valence-corrected chi connectivity index (χ1v) is 6.04. The van der Waals surface area contributed by atoms with Crippen molar-refractivity contribution in [1.82, 2.24) is 9.97 Å². The third kappa shape index (κ3) is 4.16. The number of aryl methyl sites for hydroxylation is 2. The average molecular weight is 261 g/mol. The molecule has 0 radical (unpaired) electrons. The summed E-state index contributed by atoms with van der Waals surface area (Å²) in [4.78, 5) is 8.34. The van der Waals surface area contributed by atoms with Crippen LogP contribution in [0.15, 0.2) is 0 Å². The van der Waals surface area contributed by atoms with Gasteiger partial charge in [0.05, 0.1) is 6.42 Å². The van der Waals surface area contributed by atoms with Gasteiger partial charge < -0.3 is 5.32 Å². The van der Waals surface area contributed by atoms with Crippen molar-refractivity contribution in [3.05, 3.63) is 17.1 Å². The maximum absolute atomic E-state index is 12.2. The number of rotatable bonds is 5. The van der Waals surface area contributed by atoms with Crippen LogP contribution in [0.4, 0.5) is 19.0 Å². The number of alkyl halides is 3. The van der Waals surface area contributed by atoms with Crippen molar-refractivity contribution in [2.24, 2.45) is 0 Å². The van der Waals surface area contributed by atoms with Crippen molar-refractivity contribution in [3.63, 3.8) is 0 Å². The highest BCUT2D eigenvalue weighted by Gasteiger charge is 2.27. The molecule has 0 fully saturated rings. The fraction of sp³-hybridized carbons (Fsp3) is 0.667. The van der Waals surface area contributed by atoms with Crippen LogP contribution in [-0.4, -0.2) is 22.7 Å². The van der Waals surface area contributed by atoms with E-state index in [0.717, 1.165) is 11.3 Å². The minimum absolute atomic E-state index is 0.171. The van der Waals surface area contributed by atoms with E-state index in [2.05, 4.69) is 15.3 Å². The van der Waals surface area contributed by atoms with Gasteiger partial charge >= 0.3 is 6.18 Å². The highest BCUT2D eigenvalue weighted by molar-refractivity contribution is 5.45. The highest BCUT2D eigenvalue weighted by Crippen LogP contribution is 2.23. The van der Waals surface area contributed by atoms with E-state index < -0.39 is 12.6 Å². The molecule has 18 heavy (non-hydrogen) atoms. The van der Waals surface area contributed by atoms with Gasteiger partial charge in [0.15, 0.2) is 0 Å². The number of nitrogens with one attached hydrogen (secondary N) is 1. The number of hydrogen-bond donors (Lipinski definition) is 1. The Kier molecular flexibility index (Phi) is 4.93. The van der Waals surface area contributed by atoms with Gasteiger partial charge in [-0.3, -0.25) is 0 Å². The molecule has 0 saturated heterocycles. The van der Waals surface area contributed by atoms with Crippen LogP contribution in [0.2, 0.25) is 0 Å². The van der Waals surface area contributed by atoms with Crippen LogP contribution in [0, 0.1) is 6.92 Å². The molecule has 0 unspecified atom stereocenters. The van der Waals surface area contributed by atoms with Gasteiger partial charge in [0, 0.05) is 24.2 Å². The molecule has 1 N–H and O–H groups in total. The summed E-state index contributed by atoms with van der Waals surface area (Å²) in [5, 5.41) is 3.06. The van der Waals surface area contributed by atoms with E-state index >= 15 is 0 Å². The summed E-state index contributed by atoms with van der Waals surface area (Å²) in [5.41, 5.74) is 1.72. The molecule has 0 aliphatic heterocycles. The minimum atomic E-state index is -4.17. The molecule has 0 saturated carbocycles. The normalized spacial score (nSPS) is 11.7. The lowest BCUT2D eigenvalue weighted by atomic mass is 10.1. The number of aromatic nitrogens is 2. The van der Waals surface area contributed by atoms with Crippen molar-refractivity contribution in [3.8, 4) is 0 Å². The summed E-state index contributed by atoms with van der Waals surface area (Å²) in [7, 11) is 0. The Hall–Kier alpha value is -1.33. The Balaban J connectivity index is 2.95. The van der Waals surface area contributed by atoms with E-state index in [1.807, 2.05) is 20.8 Å². The first kappa shape index (κ1) is 14.7. The van der Waals surface area contributed by atoms with E-state index in [9.17, 15) is 13.2 Å². The van der Waals surface area contributed by atoms with E-state index in [-0.39, 0.29) is 12.2 Å². The van der Waals surface area contributed by atoms with Crippen molar-refractivity contribution in [1.29, 1.82) is 0 Å². The maximum Gasteiger partial charge on any atom is 0.389 e. The van der Waals surface area contributed by atoms with Crippen LogP contribution in [0.1, 0.15) is 37.4 Å². The summed E-state index contributed by atoms with van der Waals surface area (Å²) in [6.07, 6.45) is -4.54. The number of anilines is 1. The highest BCUT2D eigenvalue weighted by atomic mass is 19.4. The number of nitrogens with zero attached hydrogens (tertiary/aromatic N) is 2. The predicted octanol–water partition coefficient (Wildman–Crippen LogP) is 3.27. The molecule has 1 aromatic rings. The first-order chi connectivity index (χ1) is 8.37. The second kappa shape index (κ2) is 6.02. The second-order valence-corrected chi connectivity index (χ2v) is 4.06. The van der Waals surface area contributed by atoms with Crippen LogP contribution in [0.5, 0.6) is 0 Å². The molecule has 0 atom stereocenters. The zero-order valence-electron chi connectivity index (χ0n) is 10.9. The standard InChI is InChI=1S/C12H18F3N3/c1-4-9-8(3)11(16-5-2)18-10(17-9)6-7-12(13,14)15/h4-7H2,1-3H3,(H,16,17,18). The lowest BCUT2D eigenvalue weighted by molar-refractivity contribution is -0.134. The average Bonchev–Trinajstić information content (AvgIpc) is 2.29. The molecule has 6 heteroatoms. The summed E-state index contributed by atoms with van der Waals surface area (Å²) in [6, 6.07) is 0. The fourth-order valence-electron chi connectivity index (χ4n) is 1.66. The molecule has 0 aliphatic rings. The third-order valence-electron chi connectivity index (χ3n) is 2.60. The molecule has 3 nitrogen and oxygen atoms in total. The van der Waals surface area contributed by atoms with Gasteiger partial charge in [0.25, 0.3) is 0 Å². The molecular formula is C12H18F3N3. The summed E-state index contributed by atoms with van der Waals surface area (Å²) < 4.78 is 36.5. The zero-order valence-corrected chi connectivity index (χ0v) is 10.9. The topological polar surface area (TPSA) is 37.8 Å². The summed E-state index contributed by atoms with van der Waals surface area (Å²) in [5.74, 6) is 0.896. The van der Waals surface area contributed by atoms with Gasteiger partial charge in [0.1, 0.15) is 11.6 Å². The quantitative estimate of drug-likeness (QED) is 0.884. The molecule has 0 aliphatic carbocycles. The Labute approximate surface area is 105 Å². The lowest BCUT2D eigenvalue weighted by Gasteiger charge is -2.13. The third-order valence-corrected chi connectivity index (χ3v) is 2.60. The Morgan fingerprint density at radius 1 is 1.17 bits per heavy atom. The Morgan fingerprint density at radius 3 is 2.33 bits per heavy atom. The molecule has 102 valence electrons. The van der Waals surface area contributed by atoms with Gasteiger partial charge in [-0.05, 0) is 20.3 Å². The van der Waals surface area contributed by atoms with Crippen LogP contribution in [0.3, 0.4) is 0 Å². The van der Waals surface area contributed by atoms with Gasteiger partial charge in [-0.25, -0.2) is 9.97 Å². The molecule has 0 amide bonds. The Morgan fingerprint density at radius 2 is 1.83 bits per heavy atom. The van der Waals surface area contributed by atoms with Crippen LogP contribution < -0.4 is 5.32 Å². The SMILES string of the molecule is CCNc1nc(CCC(F)(F)F)nc(CC)c1C. The summed E-state index contributed by atoms with van der Waals surface area (Å²) in [6.45, 7) is 6.41. The smallest absolute Gasteiger partial charge is 0.370 e. The molecule has 1 rings (SSSR count). The van der Waals surface area contributed by atoms with Gasteiger partial charge in [0.2, 0.25) is 0 Å². The summed E-state index contributed by atoms with van der Waals surface area (Å²) >= 11 is 0. The number of hydrogen-bond acceptors (Lipinski definition) is 3. The van der Waals surface area contributed by atoms with E-state index in [4.69, 9.17) is 0 Å². The fourth-order valence-corrected chi connectivity index (χ4v) is 1.66. The van der Waals surface area contributed by atoms with Crippen LogP contribution in [0.25, 0.3) is 0 Å². The molecule has 0 aromatic carbocycles. The first-order valence-electron chi connectivity index (χ1n) is 6.04. The molecule has 1 aromatic heterocycles. The molecule has 0 spiro atoms. The van der Waals surface area contributed by atoms with E-state index in [1.54, 1.807) is 0 Å². The van der Waals surface area contributed by atoms with Crippen molar-refractivity contribution < 1.29 is 13.2 Å². The van der Waals surface area contributed by atoms with Crippen molar-refractivity contribution in [2.45, 2.75) is 46.2 Å². The van der Waals surface area contributed by atoms with Crippen molar-refractivity contribution in [2.75, 3.05) is 11.9 Å². The molecule has 0 bridgehead atoms. The lowest BCUT2D eigenvalue weighted by Crippen LogP contribution is -2.13. The predicted molar refractivity (Wildman–Crippen MR) is 64.7 cm³/mol. The van der Waals surface area contributed by atoms with Crippen LogP contribution in [-0.2, 0) is 12.8 Å². The minimum Gasteiger partial charge on any atom is -0.370 e. The van der Waals surface area contributed by atoms with Gasteiger partial charge in [-0.15, -0.1) is 0 Å². The number of halogens is 3. The second-order valence-electron chi connectivity index (χ2n) is 4.06. The monoisotopic (exact) mass is 261 g/mol. The van der Waals surface area contributed by atoms with E-state index in [1.165, 1.54) is 0 Å². The van der Waals surface area contributed by atoms with E-state index in [0.29, 0.717) is 18.8 Å². The van der Waals surface area contributed by atoms with Gasteiger partial charge in [-0.1, -0.05) is 6.92 Å². The van der Waals surface area contributed by atoms with Gasteiger partial charge in [-0.2, -0.15) is 13.2 Å². The zero-order chi connectivity index (χ0) is 13.8. The van der Waals surface area contributed by atoms with Crippen molar-refractivity contribution >= 4 is 5.82 Å².